The largest absolute Gasteiger partial charge is 0.416 e. The van der Waals surface area contributed by atoms with Crippen LogP contribution in [0.1, 0.15) is 61.4 Å². The average molecular weight is 426 g/mol. The zero-order valence-corrected chi connectivity index (χ0v) is 17.2. The predicted octanol–water partition coefficient (Wildman–Crippen LogP) is 6.37. The molecule has 5 aliphatic rings. The van der Waals surface area contributed by atoms with E-state index in [0.29, 0.717) is 0 Å². The molecule has 1 atom stereocenters. The second kappa shape index (κ2) is 6.75. The summed E-state index contributed by atoms with van der Waals surface area (Å²) >= 11 is 0. The van der Waals surface area contributed by atoms with Crippen LogP contribution in [0.25, 0.3) is 0 Å². The standard InChI is InChI=1S/C25H25F3N2O/c26-25(27,28)21-8-6-20(7-9-21)23-30(22(29-31-23)19-4-2-1-3-5-19)24-13-16-10-17(14-24)12-18(11-16)15-24/h1-9,16-18,23H,10-15H2/t16?,17?,18?,23-,24?/m1/s1. The molecule has 1 heterocycles. The minimum absolute atomic E-state index is 0.0344. The minimum Gasteiger partial charge on any atom is -0.363 e. The molecule has 0 amide bonds. The van der Waals surface area contributed by atoms with E-state index in [1.165, 1.54) is 19.3 Å². The Morgan fingerprint density at radius 1 is 0.839 bits per heavy atom. The summed E-state index contributed by atoms with van der Waals surface area (Å²) in [5.74, 6) is 3.01. The predicted molar refractivity (Wildman–Crippen MR) is 111 cm³/mol. The smallest absolute Gasteiger partial charge is 0.363 e. The van der Waals surface area contributed by atoms with Crippen LogP contribution in [0.4, 0.5) is 13.2 Å². The molecule has 2 aromatic carbocycles. The van der Waals surface area contributed by atoms with Crippen LogP contribution in [0.15, 0.2) is 59.8 Å². The number of amidine groups is 1. The van der Waals surface area contributed by atoms with E-state index in [0.717, 1.165) is 66.1 Å². The number of oxime groups is 1. The molecule has 0 N–H and O–H groups in total. The van der Waals surface area contributed by atoms with E-state index in [2.05, 4.69) is 10.1 Å². The van der Waals surface area contributed by atoms with Crippen molar-refractivity contribution >= 4 is 5.84 Å². The molecule has 31 heavy (non-hydrogen) atoms. The first-order valence-electron chi connectivity index (χ1n) is 11.2. The van der Waals surface area contributed by atoms with Gasteiger partial charge in [0.1, 0.15) is 0 Å². The van der Waals surface area contributed by atoms with Crippen LogP contribution < -0.4 is 0 Å². The van der Waals surface area contributed by atoms with Crippen LogP contribution in [0.5, 0.6) is 0 Å². The third-order valence-corrected chi connectivity index (χ3v) is 7.77. The van der Waals surface area contributed by atoms with Crippen LogP contribution >= 0.6 is 0 Å². The molecule has 0 aromatic heterocycles. The fraction of sp³-hybridized carbons (Fsp3) is 0.480. The third kappa shape index (κ3) is 3.14. The van der Waals surface area contributed by atoms with Gasteiger partial charge in [-0.1, -0.05) is 47.6 Å². The third-order valence-electron chi connectivity index (χ3n) is 7.77. The fourth-order valence-electron chi connectivity index (χ4n) is 6.96. The van der Waals surface area contributed by atoms with Gasteiger partial charge in [-0.15, -0.1) is 0 Å². The lowest BCUT2D eigenvalue weighted by Crippen LogP contribution is -2.61. The highest BCUT2D eigenvalue weighted by molar-refractivity contribution is 5.99. The SMILES string of the molecule is FC(F)(F)c1ccc([C@H]2ON=C(c3ccccc3)N2C23CC4CC(CC(C4)C2)C3)cc1. The fourth-order valence-corrected chi connectivity index (χ4v) is 6.96. The lowest BCUT2D eigenvalue weighted by Gasteiger charge is -2.60. The molecule has 1 aliphatic heterocycles. The number of nitrogens with zero attached hydrogens (tertiary/aromatic N) is 2. The molecule has 0 saturated heterocycles. The monoisotopic (exact) mass is 426 g/mol. The molecule has 2 aromatic rings. The Hall–Kier alpha value is -2.50. The highest BCUT2D eigenvalue weighted by Crippen LogP contribution is 2.60. The Morgan fingerprint density at radius 3 is 1.97 bits per heavy atom. The number of halogens is 3. The number of rotatable bonds is 3. The first-order valence-corrected chi connectivity index (χ1v) is 11.2. The maximum atomic E-state index is 13.1. The van der Waals surface area contributed by atoms with Crippen molar-refractivity contribution in [3.8, 4) is 0 Å². The molecular formula is C25H25F3N2O. The van der Waals surface area contributed by atoms with Crippen LogP contribution in [0.3, 0.4) is 0 Å². The second-order valence-electron chi connectivity index (χ2n) is 9.87. The lowest BCUT2D eigenvalue weighted by atomic mass is 9.52. The van der Waals surface area contributed by atoms with Crippen LogP contribution in [-0.2, 0) is 11.0 Å². The summed E-state index contributed by atoms with van der Waals surface area (Å²) in [5.41, 5.74) is 1.04. The number of benzene rings is 2. The molecule has 3 nitrogen and oxygen atoms in total. The normalized spacial score (nSPS) is 34.0. The van der Waals surface area contributed by atoms with Crippen LogP contribution in [0, 0.1) is 17.8 Å². The molecule has 6 heteroatoms. The summed E-state index contributed by atoms with van der Waals surface area (Å²) in [5, 5.41) is 4.49. The first kappa shape index (κ1) is 19.2. The van der Waals surface area contributed by atoms with E-state index in [9.17, 15) is 13.2 Å². The van der Waals surface area contributed by atoms with Crippen molar-refractivity contribution < 1.29 is 18.0 Å². The molecule has 0 unspecified atom stereocenters. The number of hydrogen-bond acceptors (Lipinski definition) is 3. The Bertz CT molecular complexity index is 964. The van der Waals surface area contributed by atoms with E-state index in [1.54, 1.807) is 12.1 Å². The van der Waals surface area contributed by atoms with Crippen molar-refractivity contribution in [2.24, 2.45) is 22.9 Å². The van der Waals surface area contributed by atoms with E-state index >= 15 is 0 Å². The van der Waals surface area contributed by atoms with Crippen molar-refractivity contribution in [3.63, 3.8) is 0 Å². The molecule has 0 radical (unpaired) electrons. The van der Waals surface area contributed by atoms with Gasteiger partial charge >= 0.3 is 6.18 Å². The Morgan fingerprint density at radius 2 is 1.42 bits per heavy atom. The second-order valence-corrected chi connectivity index (χ2v) is 9.87. The summed E-state index contributed by atoms with van der Waals surface area (Å²) < 4.78 is 39.3. The summed E-state index contributed by atoms with van der Waals surface area (Å²) in [7, 11) is 0. The van der Waals surface area contributed by atoms with Gasteiger partial charge in [-0.3, -0.25) is 0 Å². The maximum Gasteiger partial charge on any atom is 0.416 e. The molecule has 4 bridgehead atoms. The Kier molecular flexibility index (Phi) is 4.18. The van der Waals surface area contributed by atoms with Crippen molar-refractivity contribution in [2.75, 3.05) is 0 Å². The molecule has 7 rings (SSSR count). The average Bonchev–Trinajstić information content (AvgIpc) is 3.19. The first-order chi connectivity index (χ1) is 14.9. The van der Waals surface area contributed by atoms with Gasteiger partial charge in [-0.05, 0) is 68.4 Å². The Balaban J connectivity index is 1.41. The number of alkyl halides is 3. The molecular weight excluding hydrogens is 401 g/mol. The molecule has 162 valence electrons. The van der Waals surface area contributed by atoms with Gasteiger partial charge in [0.15, 0.2) is 5.84 Å². The summed E-state index contributed by atoms with van der Waals surface area (Å²) in [6.45, 7) is 0. The molecule has 4 saturated carbocycles. The Labute approximate surface area is 179 Å². The van der Waals surface area contributed by atoms with Gasteiger partial charge in [-0.2, -0.15) is 13.2 Å². The van der Waals surface area contributed by atoms with Crippen molar-refractivity contribution in [1.29, 1.82) is 0 Å². The van der Waals surface area contributed by atoms with Gasteiger partial charge < -0.3 is 9.74 Å². The molecule has 0 spiro atoms. The van der Waals surface area contributed by atoms with E-state index in [4.69, 9.17) is 4.84 Å². The molecule has 4 aliphatic carbocycles. The van der Waals surface area contributed by atoms with Gasteiger partial charge in [0.05, 0.1) is 5.56 Å². The van der Waals surface area contributed by atoms with Crippen molar-refractivity contribution in [1.82, 2.24) is 4.90 Å². The van der Waals surface area contributed by atoms with Gasteiger partial charge in [-0.25, -0.2) is 0 Å². The zero-order chi connectivity index (χ0) is 21.2. The van der Waals surface area contributed by atoms with Crippen LogP contribution in [-0.4, -0.2) is 16.3 Å². The summed E-state index contributed by atoms with van der Waals surface area (Å²) in [4.78, 5) is 8.30. The highest BCUT2D eigenvalue weighted by atomic mass is 19.4. The zero-order valence-electron chi connectivity index (χ0n) is 17.2. The van der Waals surface area contributed by atoms with Crippen LogP contribution in [0.2, 0.25) is 0 Å². The molecule has 4 fully saturated rings. The van der Waals surface area contributed by atoms with Gasteiger partial charge in [0, 0.05) is 16.7 Å². The lowest BCUT2D eigenvalue weighted by molar-refractivity contribution is -0.137. The summed E-state index contributed by atoms with van der Waals surface area (Å²) in [6, 6.07) is 15.4. The number of hydrogen-bond donors (Lipinski definition) is 0. The maximum absolute atomic E-state index is 13.1. The summed E-state index contributed by atoms with van der Waals surface area (Å²) in [6.07, 6.45) is 2.46. The van der Waals surface area contributed by atoms with Gasteiger partial charge in [0.25, 0.3) is 0 Å². The van der Waals surface area contributed by atoms with E-state index < -0.39 is 18.0 Å². The van der Waals surface area contributed by atoms with Crippen molar-refractivity contribution in [2.45, 2.75) is 56.5 Å². The van der Waals surface area contributed by atoms with Gasteiger partial charge in [0.2, 0.25) is 6.23 Å². The minimum atomic E-state index is -4.35. The van der Waals surface area contributed by atoms with E-state index in [-0.39, 0.29) is 5.54 Å². The van der Waals surface area contributed by atoms with Crippen molar-refractivity contribution in [3.05, 3.63) is 71.3 Å². The topological polar surface area (TPSA) is 24.8 Å². The highest BCUT2D eigenvalue weighted by Gasteiger charge is 2.57. The van der Waals surface area contributed by atoms with E-state index in [1.807, 2.05) is 30.3 Å². The quantitative estimate of drug-likeness (QED) is 0.570.